The molecule has 1 spiro atoms. The Morgan fingerprint density at radius 3 is 2.57 bits per heavy atom. The zero-order chi connectivity index (χ0) is 16.4. The lowest BCUT2D eigenvalue weighted by Gasteiger charge is -2.52. The van der Waals surface area contributed by atoms with E-state index in [2.05, 4.69) is 4.98 Å². The Labute approximate surface area is 137 Å². The first-order valence-electron chi connectivity index (χ1n) is 8.53. The summed E-state index contributed by atoms with van der Waals surface area (Å²) in [5, 5.41) is 0. The highest BCUT2D eigenvalue weighted by molar-refractivity contribution is 5.95. The van der Waals surface area contributed by atoms with Crippen molar-refractivity contribution in [2.75, 3.05) is 19.6 Å². The standard InChI is InChI=1S/C18H25N3O2/c1-14-16(7-6-10-19-14)17(23)20-11-12-21(15(2)22)18(13-20)8-4-3-5-9-18/h6-7,10H,3-5,8-9,11-13H2,1-2H3. The fourth-order valence-electron chi connectivity index (χ4n) is 4.16. The second-order valence-electron chi connectivity index (χ2n) is 6.82. The molecule has 2 heterocycles. The number of hydrogen-bond donors (Lipinski definition) is 0. The third-order valence-electron chi connectivity index (χ3n) is 5.34. The minimum absolute atomic E-state index is 0.0451. The summed E-state index contributed by atoms with van der Waals surface area (Å²) in [6.45, 7) is 5.42. The van der Waals surface area contributed by atoms with Crippen LogP contribution >= 0.6 is 0 Å². The van der Waals surface area contributed by atoms with Crippen LogP contribution < -0.4 is 0 Å². The van der Waals surface area contributed by atoms with Gasteiger partial charge in [-0.25, -0.2) is 0 Å². The van der Waals surface area contributed by atoms with Gasteiger partial charge >= 0.3 is 0 Å². The summed E-state index contributed by atoms with van der Waals surface area (Å²) in [7, 11) is 0. The smallest absolute Gasteiger partial charge is 0.255 e. The fraction of sp³-hybridized carbons (Fsp3) is 0.611. The maximum atomic E-state index is 12.9. The van der Waals surface area contributed by atoms with Gasteiger partial charge in [0.25, 0.3) is 5.91 Å². The van der Waals surface area contributed by atoms with Crippen molar-refractivity contribution < 1.29 is 9.59 Å². The van der Waals surface area contributed by atoms with Crippen molar-refractivity contribution in [1.82, 2.24) is 14.8 Å². The lowest BCUT2D eigenvalue weighted by Crippen LogP contribution is -2.65. The molecule has 1 aromatic heterocycles. The van der Waals surface area contributed by atoms with Crippen LogP contribution in [0, 0.1) is 6.92 Å². The summed E-state index contributed by atoms with van der Waals surface area (Å²) < 4.78 is 0. The first-order chi connectivity index (χ1) is 11.0. The first kappa shape index (κ1) is 16.0. The van der Waals surface area contributed by atoms with Gasteiger partial charge < -0.3 is 9.80 Å². The van der Waals surface area contributed by atoms with Gasteiger partial charge in [0.1, 0.15) is 0 Å². The Bertz CT molecular complexity index is 608. The third-order valence-corrected chi connectivity index (χ3v) is 5.34. The van der Waals surface area contributed by atoms with Gasteiger partial charge in [0.05, 0.1) is 11.1 Å². The molecule has 1 saturated carbocycles. The fourth-order valence-corrected chi connectivity index (χ4v) is 4.16. The van der Waals surface area contributed by atoms with Crippen LogP contribution in [-0.2, 0) is 4.79 Å². The van der Waals surface area contributed by atoms with E-state index in [4.69, 9.17) is 0 Å². The lowest BCUT2D eigenvalue weighted by atomic mass is 9.78. The summed E-state index contributed by atoms with van der Waals surface area (Å²) in [6.07, 6.45) is 7.21. The Morgan fingerprint density at radius 2 is 1.91 bits per heavy atom. The van der Waals surface area contributed by atoms with E-state index in [0.717, 1.165) is 31.4 Å². The second kappa shape index (κ2) is 6.30. The number of rotatable bonds is 1. The Balaban J connectivity index is 1.84. The molecule has 124 valence electrons. The number of hydrogen-bond acceptors (Lipinski definition) is 3. The molecule has 23 heavy (non-hydrogen) atoms. The number of nitrogens with zero attached hydrogens (tertiary/aromatic N) is 3. The highest BCUT2D eigenvalue weighted by Crippen LogP contribution is 2.37. The monoisotopic (exact) mass is 315 g/mol. The van der Waals surface area contributed by atoms with Crippen molar-refractivity contribution in [3.63, 3.8) is 0 Å². The molecule has 0 bridgehead atoms. The number of carbonyl (C=O) groups is 2. The highest BCUT2D eigenvalue weighted by Gasteiger charge is 2.44. The number of amides is 2. The molecule has 1 aliphatic heterocycles. The number of aromatic nitrogens is 1. The van der Waals surface area contributed by atoms with Crippen molar-refractivity contribution in [2.24, 2.45) is 0 Å². The van der Waals surface area contributed by atoms with Gasteiger partial charge in [-0.2, -0.15) is 0 Å². The molecule has 5 heteroatoms. The topological polar surface area (TPSA) is 53.5 Å². The molecule has 0 atom stereocenters. The third kappa shape index (κ3) is 2.96. The normalized spacial score (nSPS) is 20.6. The van der Waals surface area contributed by atoms with Crippen LogP contribution in [0.3, 0.4) is 0 Å². The van der Waals surface area contributed by atoms with Gasteiger partial charge in [0.15, 0.2) is 0 Å². The molecular formula is C18H25N3O2. The highest BCUT2D eigenvalue weighted by atomic mass is 16.2. The minimum Gasteiger partial charge on any atom is -0.334 e. The number of aryl methyl sites for hydroxylation is 1. The van der Waals surface area contributed by atoms with E-state index in [1.807, 2.05) is 28.9 Å². The van der Waals surface area contributed by atoms with Crippen LogP contribution in [0.2, 0.25) is 0 Å². The van der Waals surface area contributed by atoms with E-state index >= 15 is 0 Å². The van der Waals surface area contributed by atoms with E-state index in [-0.39, 0.29) is 17.4 Å². The quantitative estimate of drug-likeness (QED) is 0.799. The predicted octanol–water partition coefficient (Wildman–Crippen LogP) is 2.40. The number of piperazine rings is 1. The van der Waals surface area contributed by atoms with Crippen LogP contribution in [0.1, 0.15) is 55.1 Å². The number of pyridine rings is 1. The average molecular weight is 315 g/mol. The van der Waals surface area contributed by atoms with E-state index in [0.29, 0.717) is 25.2 Å². The average Bonchev–Trinajstić information content (AvgIpc) is 2.55. The Hall–Kier alpha value is -1.91. The van der Waals surface area contributed by atoms with Crippen LogP contribution in [0.15, 0.2) is 18.3 Å². The van der Waals surface area contributed by atoms with Gasteiger partial charge in [-0.3, -0.25) is 14.6 Å². The maximum Gasteiger partial charge on any atom is 0.255 e. The minimum atomic E-state index is -0.159. The van der Waals surface area contributed by atoms with Gasteiger partial charge in [-0.05, 0) is 31.9 Å². The number of carbonyl (C=O) groups excluding carboxylic acids is 2. The molecule has 1 aromatic rings. The Kier molecular flexibility index (Phi) is 4.37. The van der Waals surface area contributed by atoms with E-state index < -0.39 is 0 Å². The molecule has 0 aromatic carbocycles. The molecule has 0 unspecified atom stereocenters. The zero-order valence-electron chi connectivity index (χ0n) is 14.0. The molecule has 2 aliphatic rings. The van der Waals surface area contributed by atoms with Crippen molar-refractivity contribution in [2.45, 2.75) is 51.5 Å². The molecule has 1 aliphatic carbocycles. The van der Waals surface area contributed by atoms with Crippen molar-refractivity contribution >= 4 is 11.8 Å². The SMILES string of the molecule is CC(=O)N1CCN(C(=O)c2cccnc2C)CC12CCCCC2. The molecule has 3 rings (SSSR count). The van der Waals surface area contributed by atoms with Crippen LogP contribution in [-0.4, -0.2) is 51.8 Å². The van der Waals surface area contributed by atoms with Crippen LogP contribution in [0.4, 0.5) is 0 Å². The summed E-state index contributed by atoms with van der Waals surface area (Å²) in [4.78, 5) is 33.2. The lowest BCUT2D eigenvalue weighted by molar-refractivity contribution is -0.141. The van der Waals surface area contributed by atoms with Crippen molar-refractivity contribution in [3.05, 3.63) is 29.6 Å². The molecular weight excluding hydrogens is 290 g/mol. The summed E-state index contributed by atoms with van der Waals surface area (Å²) in [5.74, 6) is 0.181. The van der Waals surface area contributed by atoms with Gasteiger partial charge in [-0.1, -0.05) is 19.3 Å². The molecule has 2 fully saturated rings. The van der Waals surface area contributed by atoms with E-state index in [9.17, 15) is 9.59 Å². The maximum absolute atomic E-state index is 12.9. The largest absolute Gasteiger partial charge is 0.334 e. The first-order valence-corrected chi connectivity index (χ1v) is 8.53. The molecule has 5 nitrogen and oxygen atoms in total. The van der Waals surface area contributed by atoms with Gasteiger partial charge in [0.2, 0.25) is 5.91 Å². The van der Waals surface area contributed by atoms with Crippen LogP contribution in [0.5, 0.6) is 0 Å². The molecule has 2 amide bonds. The van der Waals surface area contributed by atoms with Crippen molar-refractivity contribution in [3.8, 4) is 0 Å². The van der Waals surface area contributed by atoms with Crippen LogP contribution in [0.25, 0.3) is 0 Å². The predicted molar refractivity (Wildman–Crippen MR) is 88.1 cm³/mol. The van der Waals surface area contributed by atoms with Gasteiger partial charge in [0, 0.05) is 38.4 Å². The molecule has 0 radical (unpaired) electrons. The molecule has 0 N–H and O–H groups in total. The Morgan fingerprint density at radius 1 is 1.17 bits per heavy atom. The zero-order valence-corrected chi connectivity index (χ0v) is 14.0. The van der Waals surface area contributed by atoms with E-state index in [1.54, 1.807) is 13.1 Å². The van der Waals surface area contributed by atoms with Gasteiger partial charge in [-0.15, -0.1) is 0 Å². The second-order valence-corrected chi connectivity index (χ2v) is 6.82. The summed E-state index contributed by atoms with van der Waals surface area (Å²) in [6, 6.07) is 3.65. The summed E-state index contributed by atoms with van der Waals surface area (Å²) in [5.41, 5.74) is 1.28. The van der Waals surface area contributed by atoms with Crippen molar-refractivity contribution in [1.29, 1.82) is 0 Å². The molecule has 1 saturated heterocycles. The summed E-state index contributed by atoms with van der Waals surface area (Å²) >= 11 is 0. The van der Waals surface area contributed by atoms with E-state index in [1.165, 1.54) is 6.42 Å².